The summed E-state index contributed by atoms with van der Waals surface area (Å²) in [7, 11) is 0. The fourth-order valence-electron chi connectivity index (χ4n) is 3.03. The molecule has 0 saturated carbocycles. The Labute approximate surface area is 143 Å². The number of nitrogens with zero attached hydrogens (tertiary/aromatic N) is 3. The van der Waals surface area contributed by atoms with Crippen molar-refractivity contribution < 1.29 is 6.85 Å². The summed E-state index contributed by atoms with van der Waals surface area (Å²) >= 11 is 0. The highest BCUT2D eigenvalue weighted by Crippen LogP contribution is 2.33. The molecule has 3 aromatic heterocycles. The van der Waals surface area contributed by atoms with Crippen molar-refractivity contribution in [2.45, 2.75) is 34.0 Å². The number of hydrogen-bond acceptors (Lipinski definition) is 2. The van der Waals surface area contributed by atoms with E-state index in [9.17, 15) is 0 Å². The van der Waals surface area contributed by atoms with Crippen LogP contribution in [-0.4, -0.2) is 14.4 Å². The smallest absolute Gasteiger partial charge is 0.110 e. The zero-order valence-electron chi connectivity index (χ0n) is 18.4. The van der Waals surface area contributed by atoms with E-state index in [0.717, 1.165) is 5.39 Å². The summed E-state index contributed by atoms with van der Waals surface area (Å²) in [6.07, 6.45) is -0.169. The van der Waals surface area contributed by atoms with Gasteiger partial charge in [0.2, 0.25) is 0 Å². The lowest BCUT2D eigenvalue weighted by atomic mass is 9.90. The molecule has 0 unspecified atom stereocenters. The minimum atomic E-state index is -2.49. The van der Waals surface area contributed by atoms with Crippen LogP contribution in [0.25, 0.3) is 27.3 Å². The summed E-state index contributed by atoms with van der Waals surface area (Å²) in [5.41, 5.74) is 1.17. The Morgan fingerprint density at radius 3 is 2.70 bits per heavy atom. The predicted octanol–water partition coefficient (Wildman–Crippen LogP) is 4.93. The molecular weight excluding hydrogens is 282 g/mol. The summed E-state index contributed by atoms with van der Waals surface area (Å²) < 4.78 is 43.2. The highest BCUT2D eigenvalue weighted by Gasteiger charge is 2.20. The van der Waals surface area contributed by atoms with Gasteiger partial charge < -0.3 is 0 Å². The quantitative estimate of drug-likeness (QED) is 0.467. The Morgan fingerprint density at radius 1 is 1.13 bits per heavy atom. The van der Waals surface area contributed by atoms with Crippen LogP contribution in [0.1, 0.15) is 39.1 Å². The van der Waals surface area contributed by atoms with Gasteiger partial charge in [0.25, 0.3) is 0 Å². The molecule has 4 aromatic rings. The first-order valence-corrected chi connectivity index (χ1v) is 7.63. The van der Waals surface area contributed by atoms with Gasteiger partial charge in [-0.05, 0) is 36.8 Å². The Hall–Kier alpha value is -2.42. The molecule has 23 heavy (non-hydrogen) atoms. The summed E-state index contributed by atoms with van der Waals surface area (Å²) in [6, 6.07) is 11.0. The molecule has 1 aromatic carbocycles. The zero-order valence-corrected chi connectivity index (χ0v) is 13.4. The van der Waals surface area contributed by atoms with E-state index < -0.39 is 18.6 Å². The van der Waals surface area contributed by atoms with Gasteiger partial charge >= 0.3 is 0 Å². The van der Waals surface area contributed by atoms with Crippen molar-refractivity contribution in [2.75, 3.05) is 0 Å². The Balaban J connectivity index is 2.35. The van der Waals surface area contributed by atoms with Crippen LogP contribution >= 0.6 is 0 Å². The highest BCUT2D eigenvalue weighted by molar-refractivity contribution is 6.11. The van der Waals surface area contributed by atoms with E-state index in [1.165, 1.54) is 0 Å². The van der Waals surface area contributed by atoms with E-state index in [2.05, 4.69) is 9.97 Å². The lowest BCUT2D eigenvalue weighted by Gasteiger charge is -2.17. The molecule has 4 rings (SSSR count). The summed E-state index contributed by atoms with van der Waals surface area (Å²) in [5.74, 6) is -0.132. The first-order valence-electron chi connectivity index (χ1n) is 10.1. The van der Waals surface area contributed by atoms with Gasteiger partial charge in [-0.15, -0.1) is 0 Å². The van der Waals surface area contributed by atoms with E-state index in [1.54, 1.807) is 37.4 Å². The predicted molar refractivity (Wildman–Crippen MR) is 95.9 cm³/mol. The van der Waals surface area contributed by atoms with Gasteiger partial charge in [0.1, 0.15) is 5.82 Å². The van der Waals surface area contributed by atoms with Gasteiger partial charge in [-0.2, -0.15) is 0 Å². The molecule has 0 radical (unpaired) electrons. The third-order valence-corrected chi connectivity index (χ3v) is 3.83. The van der Waals surface area contributed by atoms with Crippen molar-refractivity contribution >= 4 is 27.3 Å². The van der Waals surface area contributed by atoms with Gasteiger partial charge in [-0.3, -0.25) is 9.38 Å². The molecule has 3 nitrogen and oxygen atoms in total. The van der Waals surface area contributed by atoms with Crippen LogP contribution in [0, 0.1) is 12.3 Å². The van der Waals surface area contributed by atoms with Crippen molar-refractivity contribution in [1.29, 1.82) is 0 Å². The van der Waals surface area contributed by atoms with Crippen molar-refractivity contribution in [3.05, 3.63) is 54.1 Å². The third kappa shape index (κ3) is 2.19. The fourth-order valence-corrected chi connectivity index (χ4v) is 3.03. The summed E-state index contributed by atoms with van der Waals surface area (Å²) in [4.78, 5) is 8.91. The van der Waals surface area contributed by atoms with E-state index in [1.807, 2.05) is 30.3 Å². The van der Waals surface area contributed by atoms with Crippen LogP contribution in [0.15, 0.2) is 42.6 Å². The number of fused-ring (bicyclic) bond motifs is 6. The molecule has 3 heteroatoms. The molecular formula is C20H21N3. The maximum Gasteiger partial charge on any atom is 0.110 e. The van der Waals surface area contributed by atoms with Gasteiger partial charge in [0, 0.05) is 23.8 Å². The van der Waals surface area contributed by atoms with Crippen LogP contribution < -0.4 is 0 Å². The summed E-state index contributed by atoms with van der Waals surface area (Å²) in [6.45, 7) is 2.87. The number of para-hydroxylation sites is 1. The third-order valence-electron chi connectivity index (χ3n) is 3.83. The number of pyridine rings is 2. The molecule has 3 heterocycles. The minimum absolute atomic E-state index is 0.132. The first-order chi connectivity index (χ1) is 12.9. The highest BCUT2D eigenvalue weighted by atomic mass is 15.0. The van der Waals surface area contributed by atoms with Crippen LogP contribution in [0.5, 0.6) is 0 Å². The number of aryl methyl sites for hydroxylation is 1. The second kappa shape index (κ2) is 4.79. The average molecular weight is 308 g/mol. The molecule has 0 atom stereocenters. The summed E-state index contributed by atoms with van der Waals surface area (Å²) in [5, 5.41) is 1.49. The van der Waals surface area contributed by atoms with Crippen LogP contribution in [0.4, 0.5) is 0 Å². The Bertz CT molecular complexity index is 1220. The molecule has 0 aliphatic rings. The molecule has 116 valence electrons. The number of benzene rings is 1. The van der Waals surface area contributed by atoms with Crippen molar-refractivity contribution in [3.8, 4) is 0 Å². The maximum absolute atomic E-state index is 8.79. The molecule has 0 saturated heterocycles. The fraction of sp³-hybridized carbons (Fsp3) is 0.300. The number of hydrogen-bond donors (Lipinski definition) is 0. The topological polar surface area (TPSA) is 30.2 Å². The number of rotatable bonds is 1. The van der Waals surface area contributed by atoms with Crippen LogP contribution in [0.3, 0.4) is 0 Å². The SMILES string of the molecule is [2H]C([2H])([2H])c1nc(C([2H])([2H])C(C)(C)C)c2c3cccnc3c3ccccc3n12. The Kier molecular flexibility index (Phi) is 2.01. The standard InChI is InChI=1S/C20H21N3/c1-13-22-16(12-20(2,3)4)19-15-9-7-11-21-18(15)14-8-5-6-10-17(14)23(13)19/h5-11H,12H2,1-4H3/i1D3,12D2. The molecule has 0 spiro atoms. The van der Waals surface area contributed by atoms with Crippen LogP contribution in [-0.2, 0) is 6.37 Å². The minimum Gasteiger partial charge on any atom is -0.295 e. The normalized spacial score (nSPS) is 16.9. The monoisotopic (exact) mass is 308 g/mol. The lowest BCUT2D eigenvalue weighted by molar-refractivity contribution is 0.408. The number of imidazole rings is 1. The average Bonchev–Trinajstić information content (AvgIpc) is 3.03. The molecule has 0 amide bonds. The molecule has 0 fully saturated rings. The van der Waals surface area contributed by atoms with E-state index in [-0.39, 0.29) is 11.5 Å². The largest absolute Gasteiger partial charge is 0.295 e. The zero-order chi connectivity index (χ0) is 20.5. The molecule has 0 aliphatic carbocycles. The lowest BCUT2D eigenvalue weighted by Crippen LogP contribution is -2.10. The first kappa shape index (κ1) is 9.66. The molecule has 0 N–H and O–H groups in total. The van der Waals surface area contributed by atoms with E-state index >= 15 is 0 Å². The second-order valence-electron chi connectivity index (χ2n) is 6.76. The van der Waals surface area contributed by atoms with Crippen LogP contribution in [0.2, 0.25) is 0 Å². The molecule has 0 aliphatic heterocycles. The Morgan fingerprint density at radius 2 is 1.91 bits per heavy atom. The molecule has 0 bridgehead atoms. The van der Waals surface area contributed by atoms with Crippen molar-refractivity contribution in [2.24, 2.45) is 5.41 Å². The van der Waals surface area contributed by atoms with Gasteiger partial charge in [0.05, 0.1) is 22.2 Å². The van der Waals surface area contributed by atoms with Gasteiger partial charge in [0.15, 0.2) is 0 Å². The van der Waals surface area contributed by atoms with Crippen molar-refractivity contribution in [3.63, 3.8) is 0 Å². The number of aromatic nitrogens is 3. The van der Waals surface area contributed by atoms with E-state index in [4.69, 9.17) is 6.85 Å². The van der Waals surface area contributed by atoms with E-state index in [0.29, 0.717) is 21.9 Å². The van der Waals surface area contributed by atoms with Gasteiger partial charge in [-0.1, -0.05) is 39.0 Å². The maximum atomic E-state index is 8.79. The second-order valence-corrected chi connectivity index (χ2v) is 6.76. The van der Waals surface area contributed by atoms with Crippen molar-refractivity contribution in [1.82, 2.24) is 14.4 Å². The van der Waals surface area contributed by atoms with Gasteiger partial charge in [-0.25, -0.2) is 4.98 Å².